The van der Waals surface area contributed by atoms with Crippen molar-refractivity contribution in [1.82, 2.24) is 20.1 Å². The molecule has 0 aliphatic rings. The molecule has 3 aromatic carbocycles. The first kappa shape index (κ1) is 31.7. The number of para-hydroxylation sites is 1. The van der Waals surface area contributed by atoms with Crippen molar-refractivity contribution in [2.75, 3.05) is 18.2 Å². The van der Waals surface area contributed by atoms with E-state index in [1.165, 1.54) is 29.9 Å². The van der Waals surface area contributed by atoms with Gasteiger partial charge >= 0.3 is 12.4 Å². The van der Waals surface area contributed by atoms with Gasteiger partial charge in [0, 0.05) is 0 Å². The van der Waals surface area contributed by atoms with Gasteiger partial charge in [0.1, 0.15) is 5.75 Å². The van der Waals surface area contributed by atoms with Crippen molar-refractivity contribution in [3.8, 4) is 11.4 Å². The smallest absolute Gasteiger partial charge is 0.416 e. The fraction of sp³-hybridized carbons (Fsp3) is 0.185. The van der Waals surface area contributed by atoms with Gasteiger partial charge in [0.2, 0.25) is 5.91 Å². The molecular weight excluding hydrogens is 624 g/mol. The van der Waals surface area contributed by atoms with E-state index in [-0.39, 0.29) is 39.5 Å². The van der Waals surface area contributed by atoms with Gasteiger partial charge in [-0.25, -0.2) is 0 Å². The summed E-state index contributed by atoms with van der Waals surface area (Å²) in [6.45, 7) is -0.271. The summed E-state index contributed by atoms with van der Waals surface area (Å²) in [6.07, 6.45) is -9.34. The first-order chi connectivity index (χ1) is 20.3. The van der Waals surface area contributed by atoms with Crippen molar-refractivity contribution in [3.63, 3.8) is 0 Å². The number of carbonyl (C=O) groups is 2. The van der Waals surface area contributed by atoms with Gasteiger partial charge < -0.3 is 15.4 Å². The average Bonchev–Trinajstić information content (AvgIpc) is 3.37. The fourth-order valence-corrected chi connectivity index (χ4v) is 4.73. The number of ether oxygens (including phenoxy) is 1. The van der Waals surface area contributed by atoms with Crippen molar-refractivity contribution >= 4 is 40.9 Å². The van der Waals surface area contributed by atoms with Crippen LogP contribution in [0.3, 0.4) is 0 Å². The first-order valence-corrected chi connectivity index (χ1v) is 13.5. The Morgan fingerprint density at radius 2 is 1.63 bits per heavy atom. The molecule has 0 bridgehead atoms. The maximum absolute atomic E-state index is 13.5. The zero-order chi connectivity index (χ0) is 31.4. The van der Waals surface area contributed by atoms with E-state index in [1.54, 1.807) is 18.2 Å². The highest BCUT2D eigenvalue weighted by atomic mass is 35.5. The Balaban J connectivity index is 1.58. The number of nitrogens with zero attached hydrogens (tertiary/aromatic N) is 3. The Bertz CT molecular complexity index is 1640. The lowest BCUT2D eigenvalue weighted by molar-refractivity contribution is -0.138. The number of carbonyl (C=O) groups excluding carboxylic acids is 2. The lowest BCUT2D eigenvalue weighted by Gasteiger charge is -2.14. The van der Waals surface area contributed by atoms with Crippen LogP contribution in [-0.2, 0) is 23.7 Å². The summed E-state index contributed by atoms with van der Waals surface area (Å²) in [5, 5.41) is 12.7. The zero-order valence-electron chi connectivity index (χ0n) is 21.9. The number of hydrogen-bond acceptors (Lipinski definition) is 6. The molecule has 0 atom stereocenters. The maximum atomic E-state index is 13.5. The topological polar surface area (TPSA) is 98.1 Å². The second-order valence-corrected chi connectivity index (χ2v) is 10.0. The molecule has 0 aliphatic carbocycles. The van der Waals surface area contributed by atoms with E-state index < -0.39 is 41.0 Å². The number of benzene rings is 3. The summed E-state index contributed by atoms with van der Waals surface area (Å²) in [4.78, 5) is 25.4. The van der Waals surface area contributed by atoms with Gasteiger partial charge in [-0.3, -0.25) is 14.2 Å². The van der Waals surface area contributed by atoms with E-state index >= 15 is 0 Å². The van der Waals surface area contributed by atoms with E-state index in [1.807, 2.05) is 0 Å². The van der Waals surface area contributed by atoms with Crippen LogP contribution in [0.2, 0.25) is 5.02 Å². The Morgan fingerprint density at radius 1 is 0.930 bits per heavy atom. The molecule has 1 heterocycles. The molecule has 0 saturated heterocycles. The zero-order valence-corrected chi connectivity index (χ0v) is 23.5. The van der Waals surface area contributed by atoms with Crippen LogP contribution < -0.4 is 15.4 Å². The van der Waals surface area contributed by atoms with Gasteiger partial charge in [0.15, 0.2) is 11.0 Å². The number of halogens is 7. The molecule has 0 fully saturated rings. The molecule has 1 aromatic heterocycles. The number of alkyl halides is 6. The van der Waals surface area contributed by atoms with Crippen molar-refractivity contribution in [2.24, 2.45) is 0 Å². The minimum atomic E-state index is -4.67. The Hall–Kier alpha value is -4.24. The van der Waals surface area contributed by atoms with Crippen molar-refractivity contribution in [1.29, 1.82) is 0 Å². The molecule has 0 saturated carbocycles. The Morgan fingerprint density at radius 3 is 2.33 bits per heavy atom. The molecule has 4 rings (SSSR count). The van der Waals surface area contributed by atoms with Crippen LogP contribution in [0.1, 0.15) is 27.3 Å². The number of rotatable bonds is 9. The van der Waals surface area contributed by atoms with E-state index in [0.717, 1.165) is 36.0 Å². The molecule has 0 radical (unpaired) electrons. The maximum Gasteiger partial charge on any atom is 0.416 e. The fourth-order valence-electron chi connectivity index (χ4n) is 3.79. The second-order valence-electron chi connectivity index (χ2n) is 8.69. The summed E-state index contributed by atoms with van der Waals surface area (Å²) < 4.78 is 86.1. The van der Waals surface area contributed by atoms with Crippen LogP contribution in [-0.4, -0.2) is 39.4 Å². The van der Waals surface area contributed by atoms with Crippen LogP contribution in [0.25, 0.3) is 5.69 Å². The normalized spacial score (nSPS) is 11.7. The van der Waals surface area contributed by atoms with Crippen LogP contribution in [0.5, 0.6) is 5.75 Å². The molecule has 0 aliphatic heterocycles. The number of anilines is 1. The molecule has 43 heavy (non-hydrogen) atoms. The quantitative estimate of drug-likeness (QED) is 0.157. The summed E-state index contributed by atoms with van der Waals surface area (Å²) >= 11 is 6.70. The Kier molecular flexibility index (Phi) is 9.55. The predicted octanol–water partition coefficient (Wildman–Crippen LogP) is 6.63. The molecule has 0 spiro atoms. The molecular formula is C27H20ClF6N5O3S. The number of methoxy groups -OCH3 is 1. The largest absolute Gasteiger partial charge is 0.496 e. The monoisotopic (exact) mass is 643 g/mol. The minimum absolute atomic E-state index is 0.00908. The lowest BCUT2D eigenvalue weighted by Crippen LogP contribution is -2.25. The lowest BCUT2D eigenvalue weighted by atomic mass is 10.2. The summed E-state index contributed by atoms with van der Waals surface area (Å²) in [6, 6.07) is 13.1. The molecule has 8 nitrogen and oxygen atoms in total. The van der Waals surface area contributed by atoms with Crippen molar-refractivity contribution < 1.29 is 40.7 Å². The third-order valence-corrected chi connectivity index (χ3v) is 7.05. The highest BCUT2D eigenvalue weighted by Crippen LogP contribution is 2.34. The van der Waals surface area contributed by atoms with Gasteiger partial charge in [-0.1, -0.05) is 41.6 Å². The molecule has 2 amide bonds. The number of thioether (sulfide) groups is 1. The number of nitrogens with one attached hydrogen (secondary N) is 2. The van der Waals surface area contributed by atoms with Crippen LogP contribution in [0, 0.1) is 0 Å². The number of amides is 2. The van der Waals surface area contributed by atoms with Gasteiger partial charge in [-0.05, 0) is 48.5 Å². The molecule has 16 heteroatoms. The summed E-state index contributed by atoms with van der Waals surface area (Å²) in [5.41, 5.74) is -2.07. The van der Waals surface area contributed by atoms with Crippen LogP contribution in [0.4, 0.5) is 32.0 Å². The van der Waals surface area contributed by atoms with Gasteiger partial charge in [-0.15, -0.1) is 10.2 Å². The predicted molar refractivity (Wildman–Crippen MR) is 146 cm³/mol. The molecule has 4 aromatic rings. The number of hydrogen-bond donors (Lipinski definition) is 2. The Labute approximate surface area is 249 Å². The third-order valence-electron chi connectivity index (χ3n) is 5.79. The summed E-state index contributed by atoms with van der Waals surface area (Å²) in [5.74, 6) is -1.41. The van der Waals surface area contributed by atoms with Crippen molar-refractivity contribution in [3.05, 3.63) is 94.3 Å². The van der Waals surface area contributed by atoms with E-state index in [2.05, 4.69) is 20.8 Å². The molecule has 226 valence electrons. The molecule has 2 N–H and O–H groups in total. The van der Waals surface area contributed by atoms with E-state index in [0.29, 0.717) is 11.8 Å². The third kappa shape index (κ3) is 7.78. The van der Waals surface area contributed by atoms with Crippen molar-refractivity contribution in [2.45, 2.75) is 24.1 Å². The number of aromatic nitrogens is 3. The average molecular weight is 644 g/mol. The highest BCUT2D eigenvalue weighted by Gasteiger charge is 2.32. The second kappa shape index (κ2) is 13.0. The minimum Gasteiger partial charge on any atom is -0.496 e. The standard InChI is InChI=1S/C27H20ClF6N5O3S/c1-42-21-8-3-2-7-18(21)24(41)35-13-22-37-38-25(39(22)17-6-4-5-15(11-17)26(29,30)31)43-14-23(40)36-20-12-16(27(32,33)34)9-10-19(20)28/h2-12H,13-14H2,1H3,(H,35,41)(H,36,40). The van der Waals surface area contributed by atoms with Gasteiger partial charge in [0.05, 0.1) is 52.5 Å². The SMILES string of the molecule is COc1ccccc1C(=O)NCc1nnc(SCC(=O)Nc2cc(C(F)(F)F)ccc2Cl)n1-c1cccc(C(F)(F)F)c1. The van der Waals surface area contributed by atoms with Gasteiger partial charge in [-0.2, -0.15) is 26.3 Å². The van der Waals surface area contributed by atoms with Crippen LogP contribution in [0.15, 0.2) is 71.9 Å². The highest BCUT2D eigenvalue weighted by molar-refractivity contribution is 7.99. The first-order valence-electron chi connectivity index (χ1n) is 12.1. The van der Waals surface area contributed by atoms with E-state index in [4.69, 9.17) is 16.3 Å². The van der Waals surface area contributed by atoms with E-state index in [9.17, 15) is 35.9 Å². The summed E-state index contributed by atoms with van der Waals surface area (Å²) in [7, 11) is 1.39. The van der Waals surface area contributed by atoms with Gasteiger partial charge in [0.25, 0.3) is 5.91 Å². The van der Waals surface area contributed by atoms with Crippen LogP contribution >= 0.6 is 23.4 Å². The molecule has 0 unspecified atom stereocenters.